The largest absolute Gasteiger partial charge is 0.312 e. The minimum atomic E-state index is 0.498. The van der Waals surface area contributed by atoms with Crippen LogP contribution in [0, 0.1) is 13.8 Å². The lowest BCUT2D eigenvalue weighted by atomic mass is 9.88. The van der Waals surface area contributed by atoms with Crippen LogP contribution in [0.2, 0.25) is 0 Å². The van der Waals surface area contributed by atoms with Crippen molar-refractivity contribution in [3.8, 4) is 11.4 Å². The molecule has 14 rings (SSSR count). The summed E-state index contributed by atoms with van der Waals surface area (Å²) in [6.07, 6.45) is 9.95. The van der Waals surface area contributed by atoms with E-state index in [1.165, 1.54) is 118 Å². The molecule has 0 atom stereocenters. The summed E-state index contributed by atoms with van der Waals surface area (Å²) in [5.74, 6) is 2.78. The molecule has 0 N–H and O–H groups in total. The number of nitrogens with zero attached hydrogens (tertiary/aromatic N) is 6. The zero-order chi connectivity index (χ0) is 49.3. The Labute approximate surface area is 432 Å². The number of pyridine rings is 2. The second-order valence-corrected chi connectivity index (χ2v) is 20.7. The van der Waals surface area contributed by atoms with Crippen LogP contribution >= 0.6 is 0 Å². The molecule has 12 aromatic rings. The third-order valence-electron chi connectivity index (χ3n) is 16.5. The summed E-state index contributed by atoms with van der Waals surface area (Å²) in [7, 11) is 0. The number of para-hydroxylation sites is 4. The van der Waals surface area contributed by atoms with Gasteiger partial charge in [-0.3, -0.25) is 9.80 Å². The van der Waals surface area contributed by atoms with E-state index in [4.69, 9.17) is 9.97 Å². The van der Waals surface area contributed by atoms with Crippen LogP contribution in [0.3, 0.4) is 0 Å². The molecule has 8 aromatic carbocycles. The first kappa shape index (κ1) is 44.2. The van der Waals surface area contributed by atoms with Gasteiger partial charge in [-0.05, 0) is 182 Å². The molecule has 0 unspecified atom stereocenters. The lowest BCUT2D eigenvalue weighted by Gasteiger charge is -2.24. The van der Waals surface area contributed by atoms with Gasteiger partial charge in [-0.1, -0.05) is 123 Å². The number of rotatable bonds is 10. The van der Waals surface area contributed by atoms with Crippen molar-refractivity contribution in [1.82, 2.24) is 19.1 Å². The average Bonchev–Trinajstić information content (AvgIpc) is 4.29. The highest BCUT2D eigenvalue weighted by Gasteiger charge is 2.33. The van der Waals surface area contributed by atoms with E-state index < -0.39 is 0 Å². The van der Waals surface area contributed by atoms with E-state index in [1.54, 1.807) is 0 Å². The van der Waals surface area contributed by atoms with Crippen LogP contribution in [0.4, 0.5) is 34.4 Å². The first-order chi connectivity index (χ1) is 36.6. The van der Waals surface area contributed by atoms with E-state index in [2.05, 4.69) is 239 Å². The molecule has 74 heavy (non-hydrogen) atoms. The van der Waals surface area contributed by atoms with Crippen LogP contribution in [0.25, 0.3) is 65.8 Å². The quantitative estimate of drug-likeness (QED) is 0.137. The highest BCUT2D eigenvalue weighted by atomic mass is 15.2. The Hall–Kier alpha value is -8.48. The van der Waals surface area contributed by atoms with Gasteiger partial charge >= 0.3 is 0 Å². The Morgan fingerprint density at radius 1 is 0.378 bits per heavy atom. The molecule has 4 aromatic heterocycles. The Kier molecular flexibility index (Phi) is 10.9. The summed E-state index contributed by atoms with van der Waals surface area (Å²) in [6, 6.07) is 74.5. The molecule has 4 heterocycles. The number of fused-ring (bicyclic) bond motifs is 8. The van der Waals surface area contributed by atoms with Gasteiger partial charge in [-0.25, -0.2) is 9.97 Å². The van der Waals surface area contributed by atoms with Crippen molar-refractivity contribution < 1.29 is 0 Å². The Morgan fingerprint density at radius 2 is 0.716 bits per heavy atom. The highest BCUT2D eigenvalue weighted by molar-refractivity contribution is 6.27. The molecule has 6 nitrogen and oxygen atoms in total. The highest BCUT2D eigenvalue weighted by Crippen LogP contribution is 2.52. The average molecular weight is 959 g/mol. The smallest absolute Gasteiger partial charge is 0.138 e. The molecule has 0 aliphatic heterocycles. The predicted octanol–water partition coefficient (Wildman–Crippen LogP) is 18.7. The van der Waals surface area contributed by atoms with Crippen molar-refractivity contribution in [2.45, 2.75) is 77.0 Å². The van der Waals surface area contributed by atoms with E-state index in [-0.39, 0.29) is 0 Å². The van der Waals surface area contributed by atoms with Crippen LogP contribution in [0.15, 0.2) is 206 Å². The lowest BCUT2D eigenvalue weighted by Crippen LogP contribution is -2.11. The maximum atomic E-state index is 5.40. The Morgan fingerprint density at radius 3 is 1.07 bits per heavy atom. The SMILES string of the molecule is Cc1c(C2CCCC2)c2c3ccccc3c3c(C4CCCC4)c(C)n(-c4ccc5nc(N(c6ccccc6)c6ccccc6)ccc5c4)c3c2n1-c1ccc2nc(N(c3ccccc3)c3ccccc3)ccc2c1. The van der Waals surface area contributed by atoms with Gasteiger partial charge in [-0.15, -0.1) is 0 Å². The normalized spacial score (nSPS) is 14.4. The van der Waals surface area contributed by atoms with E-state index in [9.17, 15) is 0 Å². The molecule has 2 saturated carbocycles. The van der Waals surface area contributed by atoms with E-state index in [1.807, 2.05) is 0 Å². The maximum absolute atomic E-state index is 5.40. The van der Waals surface area contributed by atoms with Gasteiger partial charge in [0.05, 0.1) is 22.1 Å². The van der Waals surface area contributed by atoms with E-state index in [0.29, 0.717) is 11.8 Å². The van der Waals surface area contributed by atoms with Gasteiger partial charge < -0.3 is 9.13 Å². The summed E-state index contributed by atoms with van der Waals surface area (Å²) in [6.45, 7) is 4.81. The molecule has 0 radical (unpaired) electrons. The fourth-order valence-corrected chi connectivity index (χ4v) is 13.3. The molecule has 0 amide bonds. The summed E-state index contributed by atoms with van der Waals surface area (Å²) in [4.78, 5) is 15.3. The van der Waals surface area contributed by atoms with E-state index in [0.717, 1.165) is 56.2 Å². The minimum absolute atomic E-state index is 0.498. The van der Waals surface area contributed by atoms with Crippen LogP contribution in [-0.4, -0.2) is 19.1 Å². The minimum Gasteiger partial charge on any atom is -0.312 e. The van der Waals surface area contributed by atoms with Gasteiger partial charge in [0, 0.05) is 67.1 Å². The molecule has 360 valence electrons. The molecule has 0 spiro atoms. The predicted molar refractivity (Wildman–Crippen MR) is 309 cm³/mol. The fraction of sp³-hybridized carbons (Fsp3) is 0.176. The van der Waals surface area contributed by atoms with Crippen molar-refractivity contribution in [2.24, 2.45) is 0 Å². The van der Waals surface area contributed by atoms with Gasteiger partial charge in [0.15, 0.2) is 0 Å². The number of anilines is 6. The van der Waals surface area contributed by atoms with Crippen molar-refractivity contribution in [3.05, 3.63) is 229 Å². The van der Waals surface area contributed by atoms with E-state index >= 15 is 0 Å². The van der Waals surface area contributed by atoms with Crippen LogP contribution < -0.4 is 9.80 Å². The number of hydrogen-bond acceptors (Lipinski definition) is 4. The molecule has 2 fully saturated rings. The van der Waals surface area contributed by atoms with Crippen molar-refractivity contribution in [2.75, 3.05) is 9.80 Å². The van der Waals surface area contributed by atoms with Crippen LogP contribution in [0.1, 0.15) is 85.7 Å². The third-order valence-corrected chi connectivity index (χ3v) is 16.5. The standard InChI is InChI=1S/C68H58N6/c1-45-63(47-21-15-16-22-47)65-57-33-19-20-34-58(57)66-64(48-23-17-18-24-48)46(2)72(56-38-40-60-50(44-56)36-42-62(70-60)74(53-29-11-5-12-30-53)54-31-13-6-14-32-54)68(66)67(65)71(45)55-37-39-59-49(43-55)35-41-61(69-59)73(51-25-7-3-8-26-51)52-27-9-4-10-28-52/h3-14,19-20,25-44,47-48H,15-18,21-24H2,1-2H3. The topological polar surface area (TPSA) is 42.1 Å². The van der Waals surface area contributed by atoms with Gasteiger partial charge in [-0.2, -0.15) is 0 Å². The Bertz CT molecular complexity index is 3710. The van der Waals surface area contributed by atoms with Crippen molar-refractivity contribution >= 4 is 88.8 Å². The monoisotopic (exact) mass is 958 g/mol. The molecular weight excluding hydrogens is 901 g/mol. The number of benzene rings is 8. The first-order valence-corrected chi connectivity index (χ1v) is 26.8. The van der Waals surface area contributed by atoms with Gasteiger partial charge in [0.1, 0.15) is 11.6 Å². The molecule has 0 bridgehead atoms. The molecule has 0 saturated heterocycles. The Balaban J connectivity index is 1.00. The van der Waals surface area contributed by atoms with Crippen LogP contribution in [0.5, 0.6) is 0 Å². The van der Waals surface area contributed by atoms with Crippen molar-refractivity contribution in [3.63, 3.8) is 0 Å². The molecule has 6 heteroatoms. The summed E-state index contributed by atoms with van der Waals surface area (Å²) >= 11 is 0. The van der Waals surface area contributed by atoms with Crippen molar-refractivity contribution in [1.29, 1.82) is 0 Å². The first-order valence-electron chi connectivity index (χ1n) is 26.8. The summed E-state index contributed by atoms with van der Waals surface area (Å²) in [5, 5.41) is 7.81. The second kappa shape index (κ2) is 18.2. The molecular formula is C68H58N6. The zero-order valence-corrected chi connectivity index (χ0v) is 42.1. The zero-order valence-electron chi connectivity index (χ0n) is 42.1. The van der Waals surface area contributed by atoms with Gasteiger partial charge in [0.2, 0.25) is 0 Å². The fourth-order valence-electron chi connectivity index (χ4n) is 13.3. The van der Waals surface area contributed by atoms with Gasteiger partial charge in [0.25, 0.3) is 0 Å². The third kappa shape index (κ3) is 7.29. The lowest BCUT2D eigenvalue weighted by molar-refractivity contribution is 0.719. The second-order valence-electron chi connectivity index (χ2n) is 20.7. The number of aromatic nitrogens is 4. The number of hydrogen-bond donors (Lipinski definition) is 0. The molecule has 2 aliphatic rings. The molecule has 2 aliphatic carbocycles. The summed E-state index contributed by atoms with van der Waals surface area (Å²) < 4.78 is 5.30. The van der Waals surface area contributed by atoms with Crippen LogP contribution in [-0.2, 0) is 0 Å². The summed E-state index contributed by atoms with van der Waals surface area (Å²) in [5.41, 5.74) is 16.9. The maximum Gasteiger partial charge on any atom is 0.138 e.